The monoisotopic (exact) mass is 262 g/mol. The minimum atomic E-state index is 0.417. The molecule has 0 saturated heterocycles. The first-order valence-corrected chi connectivity index (χ1v) is 6.11. The molecule has 0 amide bonds. The van der Waals surface area contributed by atoms with Gasteiger partial charge in [0.1, 0.15) is 5.75 Å². The average Bonchev–Trinajstić information content (AvgIpc) is 2.34. The van der Waals surface area contributed by atoms with Crippen molar-refractivity contribution in [2.75, 3.05) is 0 Å². The second-order valence-electron chi connectivity index (χ2n) is 4.39. The van der Waals surface area contributed by atoms with Crippen molar-refractivity contribution in [2.45, 2.75) is 27.7 Å². The van der Waals surface area contributed by atoms with Crippen LogP contribution in [0, 0.1) is 27.7 Å². The lowest BCUT2D eigenvalue weighted by Gasteiger charge is -2.10. The number of hydrogen-bond acceptors (Lipinski definition) is 3. The van der Waals surface area contributed by atoms with Gasteiger partial charge in [0.05, 0.1) is 0 Å². The molecule has 0 bridgehead atoms. The number of nitrogens with zero attached hydrogens (tertiary/aromatic N) is 2. The van der Waals surface area contributed by atoms with Crippen molar-refractivity contribution in [2.24, 2.45) is 0 Å². The molecule has 2 aromatic rings. The van der Waals surface area contributed by atoms with Crippen LogP contribution in [0.4, 0.5) is 0 Å². The van der Waals surface area contributed by atoms with E-state index >= 15 is 0 Å². The van der Waals surface area contributed by atoms with E-state index in [1.807, 2.05) is 39.0 Å². The van der Waals surface area contributed by atoms with Crippen LogP contribution in [-0.2, 0) is 0 Å². The molecule has 0 saturated carbocycles. The van der Waals surface area contributed by atoms with Crippen molar-refractivity contribution in [3.63, 3.8) is 0 Å². The van der Waals surface area contributed by atoms with Gasteiger partial charge in [0.15, 0.2) is 5.15 Å². The number of ether oxygens (including phenoxy) is 1. The molecule has 1 heterocycles. The molecular formula is C14H15ClN2O. The predicted molar refractivity (Wildman–Crippen MR) is 72.5 cm³/mol. The molecule has 0 radical (unpaired) electrons. The van der Waals surface area contributed by atoms with Crippen LogP contribution in [0.25, 0.3) is 0 Å². The number of benzene rings is 1. The smallest absolute Gasteiger partial charge is 0.242 e. The molecule has 2 rings (SSSR count). The topological polar surface area (TPSA) is 35.0 Å². The average molecular weight is 263 g/mol. The lowest BCUT2D eigenvalue weighted by molar-refractivity contribution is 0.450. The molecule has 3 nitrogen and oxygen atoms in total. The van der Waals surface area contributed by atoms with Gasteiger partial charge in [-0.15, -0.1) is 10.2 Å². The van der Waals surface area contributed by atoms with Gasteiger partial charge < -0.3 is 4.74 Å². The van der Waals surface area contributed by atoms with E-state index in [2.05, 4.69) is 17.1 Å². The van der Waals surface area contributed by atoms with E-state index in [1.165, 1.54) is 11.1 Å². The molecule has 94 valence electrons. The maximum absolute atomic E-state index is 5.91. The van der Waals surface area contributed by atoms with E-state index in [0.717, 1.165) is 16.9 Å². The van der Waals surface area contributed by atoms with Crippen LogP contribution in [0.3, 0.4) is 0 Å². The molecule has 0 atom stereocenters. The third-order valence-electron chi connectivity index (χ3n) is 3.11. The lowest BCUT2D eigenvalue weighted by atomic mass is 10.1. The summed E-state index contributed by atoms with van der Waals surface area (Å²) in [6.07, 6.45) is 0. The molecule has 0 spiro atoms. The van der Waals surface area contributed by atoms with Crippen molar-refractivity contribution in [3.05, 3.63) is 45.6 Å². The predicted octanol–water partition coefficient (Wildman–Crippen LogP) is 4.16. The van der Waals surface area contributed by atoms with E-state index in [0.29, 0.717) is 11.0 Å². The Morgan fingerprint density at radius 1 is 0.944 bits per heavy atom. The van der Waals surface area contributed by atoms with Crippen molar-refractivity contribution in [1.29, 1.82) is 0 Å². The summed E-state index contributed by atoms with van der Waals surface area (Å²) in [5.41, 5.74) is 4.22. The first-order chi connectivity index (χ1) is 8.49. The SMILES string of the molecule is Cc1ccc(Oc2nnc(Cl)c(C)c2C)cc1C. The first-order valence-electron chi connectivity index (χ1n) is 5.73. The van der Waals surface area contributed by atoms with Gasteiger partial charge in [-0.05, 0) is 56.5 Å². The van der Waals surface area contributed by atoms with Crippen LogP contribution in [0.5, 0.6) is 11.6 Å². The molecule has 0 aliphatic carbocycles. The summed E-state index contributed by atoms with van der Waals surface area (Å²) in [6.45, 7) is 7.94. The quantitative estimate of drug-likeness (QED) is 0.815. The summed E-state index contributed by atoms with van der Waals surface area (Å²) in [7, 11) is 0. The highest BCUT2D eigenvalue weighted by molar-refractivity contribution is 6.30. The van der Waals surface area contributed by atoms with Gasteiger partial charge in [0, 0.05) is 5.56 Å². The third-order valence-corrected chi connectivity index (χ3v) is 3.47. The zero-order valence-corrected chi connectivity index (χ0v) is 11.7. The first kappa shape index (κ1) is 12.8. The largest absolute Gasteiger partial charge is 0.437 e. The fourth-order valence-electron chi connectivity index (χ4n) is 1.54. The maximum Gasteiger partial charge on any atom is 0.242 e. The van der Waals surface area contributed by atoms with Crippen LogP contribution in [-0.4, -0.2) is 10.2 Å². The Kier molecular flexibility index (Phi) is 3.53. The van der Waals surface area contributed by atoms with Gasteiger partial charge in [-0.25, -0.2) is 0 Å². The van der Waals surface area contributed by atoms with Crippen LogP contribution >= 0.6 is 11.6 Å². The molecule has 4 heteroatoms. The number of hydrogen-bond donors (Lipinski definition) is 0. The van der Waals surface area contributed by atoms with E-state index in [1.54, 1.807) is 0 Å². The Morgan fingerprint density at radius 3 is 2.33 bits per heavy atom. The van der Waals surface area contributed by atoms with Crippen molar-refractivity contribution >= 4 is 11.6 Å². The number of halogens is 1. The zero-order chi connectivity index (χ0) is 13.3. The summed E-state index contributed by atoms with van der Waals surface area (Å²) >= 11 is 5.91. The Bertz CT molecular complexity index is 597. The van der Waals surface area contributed by atoms with Crippen molar-refractivity contribution < 1.29 is 4.74 Å². The fourth-order valence-corrected chi connectivity index (χ4v) is 1.72. The van der Waals surface area contributed by atoms with Gasteiger partial charge in [0.25, 0.3) is 0 Å². The maximum atomic E-state index is 5.91. The molecule has 1 aromatic heterocycles. The standard InChI is InChI=1S/C14H15ClN2O/c1-8-5-6-12(7-9(8)2)18-14-11(4)10(3)13(15)16-17-14/h5-7H,1-4H3. The molecule has 0 aliphatic rings. The van der Waals surface area contributed by atoms with Gasteiger partial charge >= 0.3 is 0 Å². The summed E-state index contributed by atoms with van der Waals surface area (Å²) in [5.74, 6) is 1.26. The minimum Gasteiger partial charge on any atom is -0.437 e. The summed E-state index contributed by atoms with van der Waals surface area (Å²) in [4.78, 5) is 0. The second-order valence-corrected chi connectivity index (χ2v) is 4.75. The van der Waals surface area contributed by atoms with E-state index in [9.17, 15) is 0 Å². The van der Waals surface area contributed by atoms with Gasteiger partial charge in [-0.1, -0.05) is 17.7 Å². The molecule has 0 unspecified atom stereocenters. The fraction of sp³-hybridized carbons (Fsp3) is 0.286. The summed E-state index contributed by atoms with van der Waals surface area (Å²) < 4.78 is 5.75. The highest BCUT2D eigenvalue weighted by Crippen LogP contribution is 2.27. The molecule has 0 aliphatic heterocycles. The Balaban J connectivity index is 2.34. The van der Waals surface area contributed by atoms with Crippen molar-refractivity contribution in [1.82, 2.24) is 10.2 Å². The molecule has 1 aromatic carbocycles. The summed E-state index contributed by atoms with van der Waals surface area (Å²) in [6, 6.07) is 5.93. The van der Waals surface area contributed by atoms with Gasteiger partial charge in [0.2, 0.25) is 5.88 Å². The van der Waals surface area contributed by atoms with Crippen LogP contribution < -0.4 is 4.74 Å². The normalized spacial score (nSPS) is 10.5. The lowest BCUT2D eigenvalue weighted by Crippen LogP contribution is -1.98. The zero-order valence-electron chi connectivity index (χ0n) is 10.9. The number of aromatic nitrogens is 2. The highest BCUT2D eigenvalue weighted by Gasteiger charge is 2.10. The Hall–Kier alpha value is -1.61. The molecule has 0 N–H and O–H groups in total. The minimum absolute atomic E-state index is 0.417. The van der Waals surface area contributed by atoms with Crippen molar-refractivity contribution in [3.8, 4) is 11.6 Å². The number of rotatable bonds is 2. The molecular weight excluding hydrogens is 248 g/mol. The van der Waals surface area contributed by atoms with Crippen LogP contribution in [0.15, 0.2) is 18.2 Å². The Morgan fingerprint density at radius 2 is 1.67 bits per heavy atom. The van der Waals surface area contributed by atoms with Crippen LogP contribution in [0.2, 0.25) is 5.15 Å². The summed E-state index contributed by atoms with van der Waals surface area (Å²) in [5, 5.41) is 8.26. The Labute approximate surface area is 112 Å². The number of aryl methyl sites for hydroxylation is 2. The molecule has 18 heavy (non-hydrogen) atoms. The van der Waals surface area contributed by atoms with Gasteiger partial charge in [-0.3, -0.25) is 0 Å². The van der Waals surface area contributed by atoms with E-state index in [-0.39, 0.29) is 0 Å². The second kappa shape index (κ2) is 4.94. The highest BCUT2D eigenvalue weighted by atomic mass is 35.5. The van der Waals surface area contributed by atoms with Crippen LogP contribution in [0.1, 0.15) is 22.3 Å². The van der Waals surface area contributed by atoms with Gasteiger partial charge in [-0.2, -0.15) is 0 Å². The third kappa shape index (κ3) is 2.46. The van der Waals surface area contributed by atoms with E-state index in [4.69, 9.17) is 16.3 Å². The molecule has 0 fully saturated rings. The van der Waals surface area contributed by atoms with E-state index < -0.39 is 0 Å².